The molecule has 21 heavy (non-hydrogen) atoms. The fourth-order valence-corrected chi connectivity index (χ4v) is 1.61. The van der Waals surface area contributed by atoms with Crippen LogP contribution in [0.4, 0.5) is 18.9 Å². The van der Waals surface area contributed by atoms with Gasteiger partial charge in [0.1, 0.15) is 0 Å². The molecular formula is C13H15F3N2O3. The van der Waals surface area contributed by atoms with Crippen molar-refractivity contribution >= 4 is 17.6 Å². The van der Waals surface area contributed by atoms with Crippen molar-refractivity contribution in [1.29, 1.82) is 0 Å². The number of halogens is 3. The van der Waals surface area contributed by atoms with Gasteiger partial charge in [-0.15, -0.1) is 0 Å². The molecule has 0 saturated heterocycles. The molecule has 0 heterocycles. The van der Waals surface area contributed by atoms with Gasteiger partial charge in [0.2, 0.25) is 5.91 Å². The predicted molar refractivity (Wildman–Crippen MR) is 70.0 cm³/mol. The van der Waals surface area contributed by atoms with Crippen molar-refractivity contribution < 1.29 is 27.9 Å². The predicted octanol–water partition coefficient (Wildman–Crippen LogP) is 1.79. The highest BCUT2D eigenvalue weighted by atomic mass is 19.4. The summed E-state index contributed by atoms with van der Waals surface area (Å²) in [6.45, 7) is -1.73. The van der Waals surface area contributed by atoms with Crippen LogP contribution in [0.3, 0.4) is 0 Å². The highest BCUT2D eigenvalue weighted by Crippen LogP contribution is 2.17. The second-order valence-electron chi connectivity index (χ2n) is 4.32. The van der Waals surface area contributed by atoms with Gasteiger partial charge in [-0.2, -0.15) is 13.2 Å². The molecule has 0 saturated carbocycles. The number of hydrogen-bond acceptors (Lipinski definition) is 3. The third kappa shape index (κ3) is 7.31. The lowest BCUT2D eigenvalue weighted by molar-refractivity contribution is -0.137. The maximum Gasteiger partial charge on any atom is 0.401 e. The summed E-state index contributed by atoms with van der Waals surface area (Å²) < 4.78 is 35.8. The molecule has 116 valence electrons. The monoisotopic (exact) mass is 304 g/mol. The van der Waals surface area contributed by atoms with Crippen LogP contribution < -0.4 is 10.6 Å². The van der Waals surface area contributed by atoms with E-state index in [1.165, 1.54) is 0 Å². The van der Waals surface area contributed by atoms with E-state index in [9.17, 15) is 22.8 Å². The number of para-hydroxylation sites is 1. The molecule has 0 aliphatic heterocycles. The van der Waals surface area contributed by atoms with E-state index >= 15 is 0 Å². The zero-order valence-electron chi connectivity index (χ0n) is 11.0. The molecule has 1 aromatic carbocycles. The normalized spacial score (nSPS) is 11.2. The number of amides is 1. The molecular weight excluding hydrogens is 289 g/mol. The van der Waals surface area contributed by atoms with Gasteiger partial charge in [0, 0.05) is 12.1 Å². The van der Waals surface area contributed by atoms with Crippen LogP contribution in [0.5, 0.6) is 0 Å². The lowest BCUT2D eigenvalue weighted by atomic mass is 10.1. The van der Waals surface area contributed by atoms with E-state index in [-0.39, 0.29) is 12.8 Å². The minimum Gasteiger partial charge on any atom is -0.481 e. The van der Waals surface area contributed by atoms with Crippen LogP contribution >= 0.6 is 0 Å². The molecule has 0 spiro atoms. The number of alkyl halides is 3. The molecule has 1 aromatic rings. The van der Waals surface area contributed by atoms with Crippen molar-refractivity contribution in [3.05, 3.63) is 29.8 Å². The number of hydrogen-bond donors (Lipinski definition) is 3. The van der Waals surface area contributed by atoms with E-state index in [1.807, 2.05) is 5.32 Å². The van der Waals surface area contributed by atoms with Crippen LogP contribution in [0.1, 0.15) is 12.0 Å². The SMILES string of the molecule is O=C(O)CCc1ccccc1NC(=O)CNCC(F)(F)F. The molecule has 0 atom stereocenters. The largest absolute Gasteiger partial charge is 0.481 e. The number of nitrogens with one attached hydrogen (secondary N) is 2. The Morgan fingerprint density at radius 2 is 1.86 bits per heavy atom. The zero-order valence-corrected chi connectivity index (χ0v) is 11.0. The molecule has 0 aliphatic rings. The van der Waals surface area contributed by atoms with Crippen LogP contribution in [-0.4, -0.2) is 36.2 Å². The van der Waals surface area contributed by atoms with E-state index in [1.54, 1.807) is 24.3 Å². The number of carboxylic acids is 1. The van der Waals surface area contributed by atoms with Crippen molar-refractivity contribution in [2.45, 2.75) is 19.0 Å². The first kappa shape index (κ1) is 17.0. The average Bonchev–Trinajstić information content (AvgIpc) is 2.36. The minimum atomic E-state index is -4.38. The summed E-state index contributed by atoms with van der Waals surface area (Å²) >= 11 is 0. The van der Waals surface area contributed by atoms with Gasteiger partial charge in [-0.1, -0.05) is 18.2 Å². The topological polar surface area (TPSA) is 78.4 Å². The summed E-state index contributed by atoms with van der Waals surface area (Å²) in [6.07, 6.45) is -4.25. The van der Waals surface area contributed by atoms with Gasteiger partial charge in [-0.25, -0.2) is 0 Å². The lowest BCUT2D eigenvalue weighted by Gasteiger charge is -2.11. The molecule has 0 radical (unpaired) electrons. The van der Waals surface area contributed by atoms with Gasteiger partial charge in [0.25, 0.3) is 0 Å². The van der Waals surface area contributed by atoms with E-state index < -0.39 is 31.1 Å². The standard InChI is InChI=1S/C13H15F3N2O3/c14-13(15,16)8-17-7-11(19)18-10-4-2-1-3-9(10)5-6-12(20)21/h1-4,17H,5-8H2,(H,18,19)(H,20,21). The quantitative estimate of drug-likeness (QED) is 0.717. The fraction of sp³-hybridized carbons (Fsp3) is 0.385. The molecule has 8 heteroatoms. The van der Waals surface area contributed by atoms with Gasteiger partial charge in [0.15, 0.2) is 0 Å². The van der Waals surface area contributed by atoms with Crippen molar-refractivity contribution in [2.24, 2.45) is 0 Å². The molecule has 0 bridgehead atoms. The lowest BCUT2D eigenvalue weighted by Crippen LogP contribution is -2.35. The first-order valence-corrected chi connectivity index (χ1v) is 6.15. The second kappa shape index (κ2) is 7.63. The molecule has 1 rings (SSSR count). The Morgan fingerprint density at radius 3 is 2.48 bits per heavy atom. The van der Waals surface area contributed by atoms with Crippen LogP contribution in [-0.2, 0) is 16.0 Å². The third-order valence-corrected chi connectivity index (χ3v) is 2.51. The Hall–Kier alpha value is -2.09. The highest BCUT2D eigenvalue weighted by molar-refractivity contribution is 5.93. The number of carbonyl (C=O) groups excluding carboxylic acids is 1. The maximum absolute atomic E-state index is 11.9. The first-order chi connectivity index (χ1) is 9.78. The summed E-state index contributed by atoms with van der Waals surface area (Å²) in [5.74, 6) is -1.59. The molecule has 3 N–H and O–H groups in total. The van der Waals surface area contributed by atoms with Crippen molar-refractivity contribution in [2.75, 3.05) is 18.4 Å². The Balaban J connectivity index is 2.53. The van der Waals surface area contributed by atoms with Gasteiger partial charge in [-0.05, 0) is 18.1 Å². The van der Waals surface area contributed by atoms with Crippen molar-refractivity contribution in [1.82, 2.24) is 5.32 Å². The smallest absolute Gasteiger partial charge is 0.401 e. The number of aryl methyl sites for hydroxylation is 1. The fourth-order valence-electron chi connectivity index (χ4n) is 1.61. The average molecular weight is 304 g/mol. The van der Waals surface area contributed by atoms with Gasteiger partial charge in [-0.3, -0.25) is 9.59 Å². The number of anilines is 1. The number of rotatable bonds is 7. The Morgan fingerprint density at radius 1 is 1.19 bits per heavy atom. The summed E-state index contributed by atoms with van der Waals surface area (Å²) in [4.78, 5) is 22.1. The van der Waals surface area contributed by atoms with E-state index in [4.69, 9.17) is 5.11 Å². The van der Waals surface area contributed by atoms with Gasteiger partial charge in [0.05, 0.1) is 13.1 Å². The van der Waals surface area contributed by atoms with Crippen LogP contribution in [0.15, 0.2) is 24.3 Å². The molecule has 1 amide bonds. The second-order valence-corrected chi connectivity index (χ2v) is 4.32. The Bertz CT molecular complexity index is 504. The van der Waals surface area contributed by atoms with E-state index in [0.717, 1.165) is 0 Å². The van der Waals surface area contributed by atoms with Crippen LogP contribution in [0.25, 0.3) is 0 Å². The van der Waals surface area contributed by atoms with Crippen molar-refractivity contribution in [3.63, 3.8) is 0 Å². The number of aliphatic carboxylic acids is 1. The molecule has 5 nitrogen and oxygen atoms in total. The summed E-state index contributed by atoms with van der Waals surface area (Å²) in [6, 6.07) is 6.55. The molecule has 0 aromatic heterocycles. The van der Waals surface area contributed by atoms with E-state index in [2.05, 4.69) is 5.32 Å². The first-order valence-electron chi connectivity index (χ1n) is 6.15. The molecule has 0 aliphatic carbocycles. The highest BCUT2D eigenvalue weighted by Gasteiger charge is 2.26. The van der Waals surface area contributed by atoms with Gasteiger partial charge >= 0.3 is 12.1 Å². The summed E-state index contributed by atoms with van der Waals surface area (Å²) in [5.41, 5.74) is 1.02. The minimum absolute atomic E-state index is 0.0980. The van der Waals surface area contributed by atoms with Crippen molar-refractivity contribution in [3.8, 4) is 0 Å². The molecule has 0 fully saturated rings. The Kier molecular flexibility index (Phi) is 6.16. The summed E-state index contributed by atoms with van der Waals surface area (Å²) in [7, 11) is 0. The maximum atomic E-state index is 11.9. The summed E-state index contributed by atoms with van der Waals surface area (Å²) in [5, 5.41) is 13.1. The van der Waals surface area contributed by atoms with Gasteiger partial charge < -0.3 is 15.7 Å². The zero-order chi connectivity index (χ0) is 15.9. The Labute approximate surface area is 119 Å². The van der Waals surface area contributed by atoms with Crippen LogP contribution in [0.2, 0.25) is 0 Å². The molecule has 0 unspecified atom stereocenters. The number of carbonyl (C=O) groups is 2. The third-order valence-electron chi connectivity index (χ3n) is 2.51. The number of benzene rings is 1. The van der Waals surface area contributed by atoms with Crippen LogP contribution in [0, 0.1) is 0 Å². The van der Waals surface area contributed by atoms with E-state index in [0.29, 0.717) is 11.3 Å². The number of carboxylic acid groups (broad SMARTS) is 1.